The first-order valence-electron chi connectivity index (χ1n) is 6.60. The molecule has 0 fully saturated rings. The Morgan fingerprint density at radius 2 is 1.95 bits per heavy atom. The van der Waals surface area contributed by atoms with E-state index in [4.69, 9.17) is 16.1 Å². The van der Waals surface area contributed by atoms with Crippen LogP contribution in [0.1, 0.15) is 11.5 Å². The van der Waals surface area contributed by atoms with Crippen LogP contribution in [0.5, 0.6) is 0 Å². The predicted octanol–water partition coefficient (Wildman–Crippen LogP) is 4.31. The molecule has 0 aliphatic heterocycles. The Kier molecular flexibility index (Phi) is 3.88. The number of hydrogen-bond acceptors (Lipinski definition) is 4. The Morgan fingerprint density at radius 3 is 2.71 bits per heavy atom. The van der Waals surface area contributed by atoms with Gasteiger partial charge in [-0.15, -0.1) is 0 Å². The first-order chi connectivity index (χ1) is 10.2. The lowest BCUT2D eigenvalue weighted by Crippen LogP contribution is -1.99. The van der Waals surface area contributed by atoms with Crippen LogP contribution in [0.25, 0.3) is 11.4 Å². The maximum atomic E-state index is 5.96. The quantitative estimate of drug-likeness (QED) is 0.780. The lowest BCUT2D eigenvalue weighted by Gasteiger charge is -2.02. The predicted molar refractivity (Wildman–Crippen MR) is 83.2 cm³/mol. The molecule has 4 nitrogen and oxygen atoms in total. The summed E-state index contributed by atoms with van der Waals surface area (Å²) in [5.74, 6) is 1.07. The van der Waals surface area contributed by atoms with Crippen LogP contribution >= 0.6 is 11.6 Å². The molecular formula is C16H14ClN3O. The van der Waals surface area contributed by atoms with Gasteiger partial charge in [0.25, 0.3) is 0 Å². The van der Waals surface area contributed by atoms with Crippen LogP contribution in [0.3, 0.4) is 0 Å². The third-order valence-corrected chi connectivity index (χ3v) is 3.28. The number of nitrogens with zero attached hydrogens (tertiary/aromatic N) is 2. The van der Waals surface area contributed by atoms with Crippen molar-refractivity contribution in [1.82, 2.24) is 10.1 Å². The molecule has 0 saturated carbocycles. The van der Waals surface area contributed by atoms with Crippen molar-refractivity contribution in [2.24, 2.45) is 0 Å². The SMILES string of the molecule is Cc1ccc(NCc2nc(-c3cccc(Cl)c3)no2)cc1. The Morgan fingerprint density at radius 1 is 1.14 bits per heavy atom. The summed E-state index contributed by atoms with van der Waals surface area (Å²) in [5.41, 5.74) is 3.08. The normalized spacial score (nSPS) is 10.6. The van der Waals surface area contributed by atoms with Crippen molar-refractivity contribution in [3.8, 4) is 11.4 Å². The van der Waals surface area contributed by atoms with Crippen molar-refractivity contribution in [2.75, 3.05) is 5.32 Å². The average Bonchev–Trinajstić information content (AvgIpc) is 2.96. The van der Waals surface area contributed by atoms with Crippen molar-refractivity contribution in [1.29, 1.82) is 0 Å². The zero-order valence-corrected chi connectivity index (χ0v) is 12.3. The van der Waals surface area contributed by atoms with Crippen molar-refractivity contribution in [3.63, 3.8) is 0 Å². The highest BCUT2D eigenvalue weighted by Crippen LogP contribution is 2.20. The molecule has 0 radical (unpaired) electrons. The Labute approximate surface area is 127 Å². The summed E-state index contributed by atoms with van der Waals surface area (Å²) in [7, 11) is 0. The number of anilines is 1. The van der Waals surface area contributed by atoms with Crippen LogP contribution in [-0.4, -0.2) is 10.1 Å². The van der Waals surface area contributed by atoms with Gasteiger partial charge in [-0.3, -0.25) is 0 Å². The Hall–Kier alpha value is -2.33. The summed E-state index contributed by atoms with van der Waals surface area (Å²) in [4.78, 5) is 4.36. The van der Waals surface area contributed by atoms with E-state index >= 15 is 0 Å². The lowest BCUT2D eigenvalue weighted by molar-refractivity contribution is 0.384. The lowest BCUT2D eigenvalue weighted by atomic mass is 10.2. The summed E-state index contributed by atoms with van der Waals surface area (Å²) >= 11 is 5.96. The fourth-order valence-electron chi connectivity index (χ4n) is 1.92. The van der Waals surface area contributed by atoms with Gasteiger partial charge >= 0.3 is 0 Å². The molecule has 1 N–H and O–H groups in total. The molecule has 1 aromatic heterocycles. The van der Waals surface area contributed by atoms with Crippen molar-refractivity contribution >= 4 is 17.3 Å². The Bertz CT molecular complexity index is 737. The van der Waals surface area contributed by atoms with Crippen molar-refractivity contribution in [3.05, 3.63) is 65.0 Å². The number of hydrogen-bond donors (Lipinski definition) is 1. The molecule has 0 amide bonds. The number of aromatic nitrogens is 2. The minimum Gasteiger partial charge on any atom is -0.376 e. The molecule has 0 spiro atoms. The van der Waals surface area contributed by atoms with E-state index in [9.17, 15) is 0 Å². The third kappa shape index (κ3) is 3.41. The molecule has 2 aromatic carbocycles. The highest BCUT2D eigenvalue weighted by Gasteiger charge is 2.08. The molecule has 106 valence electrons. The van der Waals surface area contributed by atoms with E-state index in [1.54, 1.807) is 0 Å². The third-order valence-electron chi connectivity index (χ3n) is 3.05. The fourth-order valence-corrected chi connectivity index (χ4v) is 2.11. The summed E-state index contributed by atoms with van der Waals surface area (Å²) in [6, 6.07) is 15.5. The number of benzene rings is 2. The van der Waals surface area contributed by atoms with Gasteiger partial charge in [-0.1, -0.05) is 46.6 Å². The molecule has 0 saturated heterocycles. The van der Waals surface area contributed by atoms with Gasteiger partial charge in [0.15, 0.2) is 0 Å². The molecule has 21 heavy (non-hydrogen) atoms. The summed E-state index contributed by atoms with van der Waals surface area (Å²) in [5, 5.41) is 7.86. The van der Waals surface area contributed by atoms with Crippen LogP contribution in [0, 0.1) is 6.92 Å². The second-order valence-corrected chi connectivity index (χ2v) is 5.18. The van der Waals surface area contributed by atoms with E-state index in [1.165, 1.54) is 5.56 Å². The van der Waals surface area contributed by atoms with Gasteiger partial charge in [0.1, 0.15) is 0 Å². The maximum Gasteiger partial charge on any atom is 0.246 e. The van der Waals surface area contributed by atoms with Crippen LogP contribution in [-0.2, 0) is 6.54 Å². The molecule has 1 heterocycles. The number of halogens is 1. The fraction of sp³-hybridized carbons (Fsp3) is 0.125. The second-order valence-electron chi connectivity index (χ2n) is 4.74. The van der Waals surface area contributed by atoms with Crippen LogP contribution in [0.15, 0.2) is 53.1 Å². The number of aryl methyl sites for hydroxylation is 1. The van der Waals surface area contributed by atoms with Gasteiger partial charge in [0.2, 0.25) is 11.7 Å². The van der Waals surface area contributed by atoms with Gasteiger partial charge in [-0.2, -0.15) is 4.98 Å². The minimum absolute atomic E-state index is 0.483. The van der Waals surface area contributed by atoms with Crippen molar-refractivity contribution in [2.45, 2.75) is 13.5 Å². The summed E-state index contributed by atoms with van der Waals surface area (Å²) < 4.78 is 5.24. The van der Waals surface area contributed by atoms with E-state index in [-0.39, 0.29) is 0 Å². The average molecular weight is 300 g/mol. The van der Waals surface area contributed by atoms with E-state index in [1.807, 2.05) is 48.5 Å². The van der Waals surface area contributed by atoms with Crippen LogP contribution in [0.4, 0.5) is 5.69 Å². The molecular weight excluding hydrogens is 286 g/mol. The van der Waals surface area contributed by atoms with Gasteiger partial charge < -0.3 is 9.84 Å². The first kappa shape index (κ1) is 13.6. The summed E-state index contributed by atoms with van der Waals surface area (Å²) in [6.45, 7) is 2.54. The number of rotatable bonds is 4. The van der Waals surface area contributed by atoms with Gasteiger partial charge in [0, 0.05) is 16.3 Å². The maximum absolute atomic E-state index is 5.96. The highest BCUT2D eigenvalue weighted by molar-refractivity contribution is 6.30. The molecule has 0 atom stereocenters. The highest BCUT2D eigenvalue weighted by atomic mass is 35.5. The topological polar surface area (TPSA) is 51.0 Å². The second kappa shape index (κ2) is 5.97. The van der Waals surface area contributed by atoms with Crippen LogP contribution < -0.4 is 5.32 Å². The molecule has 3 rings (SSSR count). The molecule has 0 bridgehead atoms. The van der Waals surface area contributed by atoms with E-state index in [2.05, 4.69) is 22.4 Å². The molecule has 0 aliphatic rings. The van der Waals surface area contributed by atoms with E-state index in [0.717, 1.165) is 11.3 Å². The molecule has 0 aliphatic carbocycles. The van der Waals surface area contributed by atoms with Crippen LogP contribution in [0.2, 0.25) is 5.02 Å². The van der Waals surface area contributed by atoms with E-state index in [0.29, 0.717) is 23.3 Å². The van der Waals surface area contributed by atoms with Gasteiger partial charge in [0.05, 0.1) is 6.54 Å². The number of nitrogens with one attached hydrogen (secondary N) is 1. The molecule has 3 aromatic rings. The minimum atomic E-state index is 0.483. The van der Waals surface area contributed by atoms with Gasteiger partial charge in [-0.25, -0.2) is 0 Å². The molecule has 0 unspecified atom stereocenters. The largest absolute Gasteiger partial charge is 0.376 e. The smallest absolute Gasteiger partial charge is 0.246 e. The van der Waals surface area contributed by atoms with Crippen molar-refractivity contribution < 1.29 is 4.52 Å². The van der Waals surface area contributed by atoms with Gasteiger partial charge in [-0.05, 0) is 31.2 Å². The Balaban J connectivity index is 1.69. The molecule has 5 heteroatoms. The zero-order chi connectivity index (χ0) is 14.7. The zero-order valence-electron chi connectivity index (χ0n) is 11.5. The van der Waals surface area contributed by atoms with E-state index < -0.39 is 0 Å². The first-order valence-corrected chi connectivity index (χ1v) is 6.97. The summed E-state index contributed by atoms with van der Waals surface area (Å²) in [6.07, 6.45) is 0. The monoisotopic (exact) mass is 299 g/mol. The standard InChI is InChI=1S/C16H14ClN3O/c1-11-5-7-14(8-6-11)18-10-15-19-16(20-21-15)12-3-2-4-13(17)9-12/h2-9,18H,10H2,1H3.